The maximum absolute atomic E-state index is 12.1. The van der Waals surface area contributed by atoms with E-state index in [0.717, 1.165) is 17.1 Å². The van der Waals surface area contributed by atoms with Crippen molar-refractivity contribution >= 4 is 0 Å². The van der Waals surface area contributed by atoms with Gasteiger partial charge in [0.25, 0.3) is 0 Å². The summed E-state index contributed by atoms with van der Waals surface area (Å²) in [4.78, 5) is 6.93. The quantitative estimate of drug-likeness (QED) is 0.873. The van der Waals surface area contributed by atoms with Crippen molar-refractivity contribution in [3.8, 4) is 11.4 Å². The highest BCUT2D eigenvalue weighted by atomic mass is 19.3. The molecule has 6 heteroatoms. The molecule has 0 saturated carbocycles. The van der Waals surface area contributed by atoms with Gasteiger partial charge in [-0.25, -0.2) is 13.8 Å². The second-order valence-corrected chi connectivity index (χ2v) is 3.89. The SMILES string of the molecule is Cc1cc(-c2cnc[nH]2)n(CCCC(F)F)n1. The van der Waals surface area contributed by atoms with Gasteiger partial charge >= 0.3 is 0 Å². The van der Waals surface area contributed by atoms with Gasteiger partial charge in [-0.1, -0.05) is 0 Å². The Labute approximate surface area is 97.7 Å². The second-order valence-electron chi connectivity index (χ2n) is 3.89. The molecule has 0 radical (unpaired) electrons. The van der Waals surface area contributed by atoms with Crippen LogP contribution in [0.5, 0.6) is 0 Å². The molecule has 2 aromatic heterocycles. The Morgan fingerprint density at radius 2 is 2.29 bits per heavy atom. The molecule has 0 aliphatic rings. The third-order valence-electron chi connectivity index (χ3n) is 2.47. The Morgan fingerprint density at radius 1 is 1.47 bits per heavy atom. The molecule has 0 aromatic carbocycles. The van der Waals surface area contributed by atoms with E-state index in [-0.39, 0.29) is 6.42 Å². The fourth-order valence-electron chi connectivity index (χ4n) is 1.72. The molecule has 92 valence electrons. The fraction of sp³-hybridized carbons (Fsp3) is 0.455. The molecule has 2 aromatic rings. The van der Waals surface area contributed by atoms with Crippen LogP contribution >= 0.6 is 0 Å². The number of halogens is 2. The average Bonchev–Trinajstić information content (AvgIpc) is 2.86. The number of hydrogen-bond acceptors (Lipinski definition) is 2. The lowest BCUT2D eigenvalue weighted by Gasteiger charge is -2.05. The Hall–Kier alpha value is -1.72. The number of aromatic nitrogens is 4. The molecule has 0 bridgehead atoms. The number of hydrogen-bond donors (Lipinski definition) is 1. The van der Waals surface area contributed by atoms with Crippen LogP contribution in [0, 0.1) is 6.92 Å². The molecule has 0 amide bonds. The molecule has 0 atom stereocenters. The first-order valence-electron chi connectivity index (χ1n) is 5.48. The summed E-state index contributed by atoms with van der Waals surface area (Å²) in [6, 6.07) is 1.91. The molecule has 17 heavy (non-hydrogen) atoms. The van der Waals surface area contributed by atoms with E-state index in [4.69, 9.17) is 0 Å². The van der Waals surface area contributed by atoms with Crippen LogP contribution in [-0.4, -0.2) is 26.2 Å². The van der Waals surface area contributed by atoms with E-state index in [1.807, 2.05) is 13.0 Å². The van der Waals surface area contributed by atoms with Crippen molar-refractivity contribution in [3.63, 3.8) is 0 Å². The van der Waals surface area contributed by atoms with Gasteiger partial charge in [0.05, 0.1) is 29.6 Å². The number of nitrogens with one attached hydrogen (secondary N) is 1. The summed E-state index contributed by atoms with van der Waals surface area (Å²) in [5, 5.41) is 4.29. The molecule has 0 unspecified atom stereocenters. The maximum atomic E-state index is 12.1. The molecule has 2 rings (SSSR count). The van der Waals surface area contributed by atoms with Crippen molar-refractivity contribution < 1.29 is 8.78 Å². The van der Waals surface area contributed by atoms with Crippen molar-refractivity contribution in [3.05, 3.63) is 24.3 Å². The summed E-state index contributed by atoms with van der Waals surface area (Å²) in [5.74, 6) is 0. The lowest BCUT2D eigenvalue weighted by Crippen LogP contribution is -2.04. The van der Waals surface area contributed by atoms with Crippen LogP contribution in [0.25, 0.3) is 11.4 Å². The number of aryl methyl sites for hydroxylation is 2. The fourth-order valence-corrected chi connectivity index (χ4v) is 1.72. The van der Waals surface area contributed by atoms with Gasteiger partial charge in [-0.2, -0.15) is 5.10 Å². The van der Waals surface area contributed by atoms with Gasteiger partial charge in [-0.05, 0) is 19.4 Å². The van der Waals surface area contributed by atoms with E-state index in [9.17, 15) is 8.78 Å². The first kappa shape index (κ1) is 11.8. The van der Waals surface area contributed by atoms with E-state index in [1.54, 1.807) is 17.2 Å². The Balaban J connectivity index is 2.11. The number of alkyl halides is 2. The van der Waals surface area contributed by atoms with E-state index < -0.39 is 6.43 Å². The minimum atomic E-state index is -2.25. The molecular weight excluding hydrogens is 226 g/mol. The summed E-state index contributed by atoms with van der Waals surface area (Å²) >= 11 is 0. The summed E-state index contributed by atoms with van der Waals surface area (Å²) in [7, 11) is 0. The first-order chi connectivity index (χ1) is 8.16. The summed E-state index contributed by atoms with van der Waals surface area (Å²) in [6.07, 6.45) is 1.35. The van der Waals surface area contributed by atoms with Gasteiger partial charge in [-0.15, -0.1) is 0 Å². The highest BCUT2D eigenvalue weighted by Crippen LogP contribution is 2.18. The van der Waals surface area contributed by atoms with E-state index in [0.29, 0.717) is 13.0 Å². The van der Waals surface area contributed by atoms with Gasteiger partial charge in [0.2, 0.25) is 6.43 Å². The molecular formula is C11H14F2N4. The zero-order chi connectivity index (χ0) is 12.3. The van der Waals surface area contributed by atoms with E-state index in [2.05, 4.69) is 15.1 Å². The van der Waals surface area contributed by atoms with Gasteiger partial charge in [0, 0.05) is 13.0 Å². The number of nitrogens with zero attached hydrogens (tertiary/aromatic N) is 3. The van der Waals surface area contributed by atoms with Crippen molar-refractivity contribution in [2.24, 2.45) is 0 Å². The third-order valence-corrected chi connectivity index (χ3v) is 2.47. The van der Waals surface area contributed by atoms with Crippen molar-refractivity contribution in [2.75, 3.05) is 0 Å². The number of aromatic amines is 1. The van der Waals surface area contributed by atoms with Crippen LogP contribution in [0.1, 0.15) is 18.5 Å². The van der Waals surface area contributed by atoms with Crippen molar-refractivity contribution in [1.82, 2.24) is 19.7 Å². The Kier molecular flexibility index (Phi) is 3.51. The van der Waals surface area contributed by atoms with Gasteiger partial charge < -0.3 is 4.98 Å². The summed E-state index contributed by atoms with van der Waals surface area (Å²) < 4.78 is 25.9. The van der Waals surface area contributed by atoms with E-state index in [1.165, 1.54) is 0 Å². The molecule has 2 heterocycles. The highest BCUT2D eigenvalue weighted by Gasteiger charge is 2.10. The molecule has 4 nitrogen and oxygen atoms in total. The monoisotopic (exact) mass is 240 g/mol. The lowest BCUT2D eigenvalue weighted by atomic mass is 10.3. The van der Waals surface area contributed by atoms with E-state index >= 15 is 0 Å². The van der Waals surface area contributed by atoms with Crippen LogP contribution in [0.3, 0.4) is 0 Å². The Bertz CT molecular complexity index is 462. The van der Waals surface area contributed by atoms with Crippen LogP contribution in [0.4, 0.5) is 8.78 Å². The molecule has 0 aliphatic carbocycles. The minimum Gasteiger partial charge on any atom is -0.343 e. The van der Waals surface area contributed by atoms with Gasteiger partial charge in [0.15, 0.2) is 0 Å². The standard InChI is InChI=1S/C11H14F2N4/c1-8-5-10(9-6-14-7-15-9)17(16-8)4-2-3-11(12)13/h5-7,11H,2-4H2,1H3,(H,14,15). The normalized spacial score (nSPS) is 11.3. The summed E-state index contributed by atoms with van der Waals surface area (Å²) in [5.41, 5.74) is 2.60. The molecule has 0 saturated heterocycles. The third kappa shape index (κ3) is 2.89. The lowest BCUT2D eigenvalue weighted by molar-refractivity contribution is 0.132. The molecule has 0 aliphatic heterocycles. The largest absolute Gasteiger partial charge is 0.343 e. The minimum absolute atomic E-state index is 0.0959. The molecule has 0 spiro atoms. The Morgan fingerprint density at radius 3 is 2.94 bits per heavy atom. The van der Waals surface area contributed by atoms with Gasteiger partial charge in [0.1, 0.15) is 0 Å². The maximum Gasteiger partial charge on any atom is 0.238 e. The predicted octanol–water partition coefficient (Wildman–Crippen LogP) is 2.63. The average molecular weight is 240 g/mol. The van der Waals surface area contributed by atoms with Crippen LogP contribution in [0.2, 0.25) is 0 Å². The van der Waals surface area contributed by atoms with Crippen molar-refractivity contribution in [2.45, 2.75) is 32.7 Å². The van der Waals surface area contributed by atoms with Crippen LogP contribution < -0.4 is 0 Å². The van der Waals surface area contributed by atoms with Crippen LogP contribution in [-0.2, 0) is 6.54 Å². The molecule has 1 N–H and O–H groups in total. The van der Waals surface area contributed by atoms with Gasteiger partial charge in [-0.3, -0.25) is 4.68 Å². The first-order valence-corrected chi connectivity index (χ1v) is 5.48. The number of H-pyrrole nitrogens is 1. The summed E-state index contributed by atoms with van der Waals surface area (Å²) in [6.45, 7) is 2.37. The second kappa shape index (κ2) is 5.07. The predicted molar refractivity (Wildman–Crippen MR) is 59.8 cm³/mol. The topological polar surface area (TPSA) is 46.5 Å². The van der Waals surface area contributed by atoms with Crippen LogP contribution in [0.15, 0.2) is 18.6 Å². The van der Waals surface area contributed by atoms with Crippen molar-refractivity contribution in [1.29, 1.82) is 0 Å². The molecule has 0 fully saturated rings. The highest BCUT2D eigenvalue weighted by molar-refractivity contribution is 5.53. The number of imidazole rings is 1. The zero-order valence-electron chi connectivity index (χ0n) is 9.53. The zero-order valence-corrected chi connectivity index (χ0v) is 9.53. The number of rotatable bonds is 5. The smallest absolute Gasteiger partial charge is 0.238 e.